The molecule has 0 aromatic carbocycles. The molecule has 1 atom stereocenters. The largest absolute Gasteiger partial charge is 0.368 e. The Hall–Kier alpha value is -0.570. The molecule has 0 bridgehead atoms. The fourth-order valence-corrected chi connectivity index (χ4v) is 2.56. The first kappa shape index (κ1) is 10.9. The lowest BCUT2D eigenvalue weighted by molar-refractivity contribution is -0.120. The van der Waals surface area contributed by atoms with Gasteiger partial charge in [0.05, 0.1) is 6.04 Å². The molecule has 1 unspecified atom stereocenters. The summed E-state index contributed by atoms with van der Waals surface area (Å²) in [4.78, 5) is 11.3. The zero-order chi connectivity index (χ0) is 10.7. The lowest BCUT2D eigenvalue weighted by Crippen LogP contribution is -2.43. The van der Waals surface area contributed by atoms with Crippen LogP contribution < -0.4 is 11.1 Å². The van der Waals surface area contributed by atoms with Gasteiger partial charge in [0, 0.05) is 6.04 Å². The molecule has 3 nitrogen and oxygen atoms in total. The normalized spacial score (nSPS) is 25.1. The maximum atomic E-state index is 11.3. The molecule has 86 valence electrons. The third-order valence-corrected chi connectivity index (χ3v) is 3.65. The molecule has 2 aliphatic carbocycles. The maximum Gasteiger partial charge on any atom is 0.234 e. The zero-order valence-corrected chi connectivity index (χ0v) is 9.37. The van der Waals surface area contributed by atoms with Crippen LogP contribution in [0.25, 0.3) is 0 Å². The van der Waals surface area contributed by atoms with E-state index in [-0.39, 0.29) is 11.9 Å². The van der Waals surface area contributed by atoms with Crippen LogP contribution in [-0.4, -0.2) is 18.0 Å². The number of rotatable bonds is 5. The smallest absolute Gasteiger partial charge is 0.234 e. The first-order valence-corrected chi connectivity index (χ1v) is 6.31. The second-order valence-electron chi connectivity index (χ2n) is 5.14. The van der Waals surface area contributed by atoms with Crippen LogP contribution in [0.5, 0.6) is 0 Å². The van der Waals surface area contributed by atoms with Gasteiger partial charge in [-0.1, -0.05) is 32.1 Å². The van der Waals surface area contributed by atoms with E-state index >= 15 is 0 Å². The zero-order valence-electron chi connectivity index (χ0n) is 9.37. The van der Waals surface area contributed by atoms with Crippen molar-refractivity contribution in [1.29, 1.82) is 0 Å². The van der Waals surface area contributed by atoms with Gasteiger partial charge >= 0.3 is 0 Å². The van der Waals surface area contributed by atoms with Gasteiger partial charge in [-0.25, -0.2) is 0 Å². The second-order valence-corrected chi connectivity index (χ2v) is 5.14. The monoisotopic (exact) mass is 210 g/mol. The van der Waals surface area contributed by atoms with Gasteiger partial charge in [0.15, 0.2) is 0 Å². The molecule has 0 saturated heterocycles. The van der Waals surface area contributed by atoms with E-state index in [1.54, 1.807) is 0 Å². The van der Waals surface area contributed by atoms with Gasteiger partial charge in [0.25, 0.3) is 0 Å². The summed E-state index contributed by atoms with van der Waals surface area (Å²) >= 11 is 0. The van der Waals surface area contributed by atoms with Gasteiger partial charge in [-0.3, -0.25) is 4.79 Å². The van der Waals surface area contributed by atoms with Crippen LogP contribution in [0.3, 0.4) is 0 Å². The summed E-state index contributed by atoms with van der Waals surface area (Å²) in [5, 5.41) is 3.36. The second kappa shape index (κ2) is 4.97. The molecular weight excluding hydrogens is 188 g/mol. The summed E-state index contributed by atoms with van der Waals surface area (Å²) in [5.74, 6) is 0.565. The van der Waals surface area contributed by atoms with Gasteiger partial charge in [-0.05, 0) is 25.2 Å². The Bertz CT molecular complexity index is 220. The van der Waals surface area contributed by atoms with Crippen LogP contribution in [0.15, 0.2) is 0 Å². The van der Waals surface area contributed by atoms with Crippen molar-refractivity contribution < 1.29 is 4.79 Å². The van der Waals surface area contributed by atoms with E-state index < -0.39 is 0 Å². The summed E-state index contributed by atoms with van der Waals surface area (Å²) in [6, 6.07) is 0.506. The summed E-state index contributed by atoms with van der Waals surface area (Å²) in [6.45, 7) is 0. The maximum absolute atomic E-state index is 11.3. The van der Waals surface area contributed by atoms with Crippen molar-refractivity contribution in [3.8, 4) is 0 Å². The molecule has 15 heavy (non-hydrogen) atoms. The molecule has 0 heterocycles. The average molecular weight is 210 g/mol. The fraction of sp³-hybridized carbons (Fsp3) is 0.917. The van der Waals surface area contributed by atoms with Crippen molar-refractivity contribution in [2.75, 3.05) is 0 Å². The van der Waals surface area contributed by atoms with E-state index in [0.29, 0.717) is 6.04 Å². The Kier molecular flexibility index (Phi) is 3.62. The molecule has 2 fully saturated rings. The SMILES string of the molecule is NC(=O)C(CC1CCCCC1)NC1CC1. The highest BCUT2D eigenvalue weighted by molar-refractivity contribution is 5.79. The number of carbonyl (C=O) groups is 1. The summed E-state index contributed by atoms with van der Waals surface area (Å²) < 4.78 is 0. The van der Waals surface area contributed by atoms with Gasteiger partial charge in [0.2, 0.25) is 5.91 Å². The Labute approximate surface area is 91.8 Å². The minimum atomic E-state index is -0.160. The van der Waals surface area contributed by atoms with E-state index in [0.717, 1.165) is 12.3 Å². The van der Waals surface area contributed by atoms with Crippen molar-refractivity contribution >= 4 is 5.91 Å². The van der Waals surface area contributed by atoms with Crippen LogP contribution in [-0.2, 0) is 4.79 Å². The summed E-state index contributed by atoms with van der Waals surface area (Å²) in [6.07, 6.45) is 10.0. The highest BCUT2D eigenvalue weighted by Gasteiger charge is 2.29. The van der Waals surface area contributed by atoms with E-state index in [2.05, 4.69) is 5.32 Å². The molecule has 3 heteroatoms. The minimum absolute atomic E-state index is 0.0689. The van der Waals surface area contributed by atoms with Crippen molar-refractivity contribution in [3.05, 3.63) is 0 Å². The van der Waals surface area contributed by atoms with Crippen molar-refractivity contribution in [2.45, 2.75) is 63.5 Å². The number of amides is 1. The van der Waals surface area contributed by atoms with Gasteiger partial charge < -0.3 is 11.1 Å². The third kappa shape index (κ3) is 3.49. The molecule has 2 rings (SSSR count). The highest BCUT2D eigenvalue weighted by Crippen LogP contribution is 2.28. The standard InChI is InChI=1S/C12H22N2O/c13-12(15)11(14-10-6-7-10)8-9-4-2-1-3-5-9/h9-11,14H,1-8H2,(H2,13,15). The van der Waals surface area contributed by atoms with Crippen LogP contribution in [0.1, 0.15) is 51.4 Å². The molecule has 0 spiro atoms. The van der Waals surface area contributed by atoms with Crippen molar-refractivity contribution in [2.24, 2.45) is 11.7 Å². The van der Waals surface area contributed by atoms with E-state index in [4.69, 9.17) is 5.73 Å². The topological polar surface area (TPSA) is 55.1 Å². The molecule has 1 amide bonds. The van der Waals surface area contributed by atoms with Crippen LogP contribution in [0.2, 0.25) is 0 Å². The predicted molar refractivity (Wildman–Crippen MR) is 60.3 cm³/mol. The molecule has 0 aliphatic heterocycles. The Morgan fingerprint density at radius 2 is 1.87 bits per heavy atom. The van der Waals surface area contributed by atoms with Gasteiger partial charge in [-0.15, -0.1) is 0 Å². The lowest BCUT2D eigenvalue weighted by Gasteiger charge is -2.25. The number of nitrogens with two attached hydrogens (primary N) is 1. The van der Waals surface area contributed by atoms with Crippen molar-refractivity contribution in [3.63, 3.8) is 0 Å². The first-order chi connectivity index (χ1) is 7.25. The molecule has 2 saturated carbocycles. The fourth-order valence-electron chi connectivity index (χ4n) is 2.56. The first-order valence-electron chi connectivity index (χ1n) is 6.31. The number of hydrogen-bond acceptors (Lipinski definition) is 2. The highest BCUT2D eigenvalue weighted by atomic mass is 16.1. The molecule has 3 N–H and O–H groups in total. The molecule has 0 aromatic rings. The molecule has 2 aliphatic rings. The Morgan fingerprint density at radius 3 is 2.40 bits per heavy atom. The lowest BCUT2D eigenvalue weighted by atomic mass is 9.84. The van der Waals surface area contributed by atoms with Crippen LogP contribution >= 0.6 is 0 Å². The molecule has 0 aromatic heterocycles. The predicted octanol–water partition coefficient (Wildman–Crippen LogP) is 1.56. The third-order valence-electron chi connectivity index (χ3n) is 3.65. The summed E-state index contributed by atoms with van der Waals surface area (Å²) in [7, 11) is 0. The molecular formula is C12H22N2O. The number of hydrogen-bond donors (Lipinski definition) is 2. The number of carbonyl (C=O) groups excluding carboxylic acids is 1. The quantitative estimate of drug-likeness (QED) is 0.723. The van der Waals surface area contributed by atoms with Crippen molar-refractivity contribution in [1.82, 2.24) is 5.32 Å². The average Bonchev–Trinajstić information content (AvgIpc) is 3.02. The van der Waals surface area contributed by atoms with E-state index in [1.165, 1.54) is 44.9 Å². The van der Waals surface area contributed by atoms with Gasteiger partial charge in [-0.2, -0.15) is 0 Å². The number of primary amides is 1. The van der Waals surface area contributed by atoms with E-state index in [1.807, 2.05) is 0 Å². The summed E-state index contributed by atoms with van der Waals surface area (Å²) in [5.41, 5.74) is 5.43. The van der Waals surface area contributed by atoms with Crippen LogP contribution in [0.4, 0.5) is 0 Å². The minimum Gasteiger partial charge on any atom is -0.368 e. The molecule has 0 radical (unpaired) electrons. The van der Waals surface area contributed by atoms with E-state index in [9.17, 15) is 4.79 Å². The van der Waals surface area contributed by atoms with Gasteiger partial charge in [0.1, 0.15) is 0 Å². The number of nitrogens with one attached hydrogen (secondary N) is 1. The van der Waals surface area contributed by atoms with Crippen LogP contribution in [0, 0.1) is 5.92 Å². The Balaban J connectivity index is 1.78. The Morgan fingerprint density at radius 1 is 1.20 bits per heavy atom.